The summed E-state index contributed by atoms with van der Waals surface area (Å²) >= 11 is 0. The second-order valence-corrected chi connectivity index (χ2v) is 9.43. The Balaban J connectivity index is 1.21. The van der Waals surface area contributed by atoms with Crippen molar-refractivity contribution in [3.63, 3.8) is 0 Å². The number of carbonyl (C=O) groups is 2. The van der Waals surface area contributed by atoms with E-state index in [9.17, 15) is 9.59 Å². The van der Waals surface area contributed by atoms with Crippen LogP contribution in [0.25, 0.3) is 0 Å². The van der Waals surface area contributed by atoms with Crippen molar-refractivity contribution in [2.45, 2.75) is 45.4 Å². The van der Waals surface area contributed by atoms with Gasteiger partial charge in [-0.25, -0.2) is 9.78 Å². The van der Waals surface area contributed by atoms with Crippen LogP contribution in [-0.4, -0.2) is 85.0 Å². The van der Waals surface area contributed by atoms with Crippen molar-refractivity contribution in [2.24, 2.45) is 5.92 Å². The lowest BCUT2D eigenvalue weighted by atomic mass is 10.2. The van der Waals surface area contributed by atoms with Gasteiger partial charge < -0.3 is 20.1 Å². The van der Waals surface area contributed by atoms with Gasteiger partial charge in [-0.15, -0.1) is 0 Å². The van der Waals surface area contributed by atoms with Crippen molar-refractivity contribution >= 4 is 23.8 Å². The van der Waals surface area contributed by atoms with E-state index in [2.05, 4.69) is 42.0 Å². The maximum Gasteiger partial charge on any atom is 0.324 e. The van der Waals surface area contributed by atoms with E-state index in [1.54, 1.807) is 11.8 Å². The van der Waals surface area contributed by atoms with Crippen LogP contribution in [-0.2, 0) is 11.5 Å². The molecular formula is C23H32N10O2. The van der Waals surface area contributed by atoms with Gasteiger partial charge in [-0.3, -0.25) is 14.6 Å². The molecule has 2 aromatic heterocycles. The topological polar surface area (TPSA) is 124 Å². The van der Waals surface area contributed by atoms with E-state index in [0.29, 0.717) is 49.9 Å². The fraction of sp³-hybridized carbons (Fsp3) is 0.565. The van der Waals surface area contributed by atoms with E-state index in [0.717, 1.165) is 31.6 Å². The van der Waals surface area contributed by atoms with Crippen LogP contribution in [0.2, 0.25) is 0 Å². The molecule has 3 amide bonds. The number of imidazole rings is 1. The average molecular weight is 481 g/mol. The Bertz CT molecular complexity index is 1110. The molecule has 5 rings (SSSR count). The molecule has 1 saturated carbocycles. The molecule has 186 valence electrons. The number of hydrogen-bond donors (Lipinski definition) is 2. The Hall–Kier alpha value is -3.54. The minimum absolute atomic E-state index is 0.0142. The molecule has 12 heteroatoms. The van der Waals surface area contributed by atoms with Crippen molar-refractivity contribution in [1.29, 1.82) is 0 Å². The molecule has 4 heterocycles. The Morgan fingerprint density at radius 2 is 2.03 bits per heavy atom. The summed E-state index contributed by atoms with van der Waals surface area (Å²) in [6.45, 7) is 11.7. The molecule has 2 aliphatic heterocycles. The van der Waals surface area contributed by atoms with Gasteiger partial charge in [0.2, 0.25) is 17.8 Å². The van der Waals surface area contributed by atoms with Crippen molar-refractivity contribution < 1.29 is 9.59 Å². The van der Waals surface area contributed by atoms with E-state index in [-0.39, 0.29) is 24.0 Å². The minimum Gasteiger partial charge on any atom is -0.346 e. The highest BCUT2D eigenvalue weighted by Crippen LogP contribution is 2.38. The Morgan fingerprint density at radius 3 is 2.74 bits per heavy atom. The van der Waals surface area contributed by atoms with E-state index in [1.165, 1.54) is 6.08 Å². The molecule has 0 unspecified atom stereocenters. The van der Waals surface area contributed by atoms with Gasteiger partial charge in [0, 0.05) is 38.9 Å². The first-order valence-corrected chi connectivity index (χ1v) is 12.1. The van der Waals surface area contributed by atoms with E-state index < -0.39 is 0 Å². The van der Waals surface area contributed by atoms with E-state index >= 15 is 0 Å². The lowest BCUT2D eigenvalue weighted by Gasteiger charge is -2.34. The monoisotopic (exact) mass is 480 g/mol. The van der Waals surface area contributed by atoms with Gasteiger partial charge in [0.15, 0.2) is 0 Å². The SMILES string of the molecule is C=CC(=O)N1CCN(Cn2cnc([C@H](C)Nc3nc(C)nc(N4C(=O)NC[C@@H]4C4CC4)n3)c2)CC1. The number of urea groups is 1. The van der Waals surface area contributed by atoms with Crippen molar-refractivity contribution in [2.75, 3.05) is 42.9 Å². The maximum absolute atomic E-state index is 12.5. The van der Waals surface area contributed by atoms with Crippen molar-refractivity contribution in [3.8, 4) is 0 Å². The third-order valence-electron chi connectivity index (χ3n) is 6.79. The summed E-state index contributed by atoms with van der Waals surface area (Å²) in [5.41, 5.74) is 0.861. The second kappa shape index (κ2) is 9.61. The highest BCUT2D eigenvalue weighted by atomic mass is 16.2. The van der Waals surface area contributed by atoms with Crippen LogP contribution in [0.3, 0.4) is 0 Å². The third kappa shape index (κ3) is 5.11. The zero-order chi connectivity index (χ0) is 24.5. The van der Waals surface area contributed by atoms with Crippen molar-refractivity contribution in [1.82, 2.24) is 39.6 Å². The van der Waals surface area contributed by atoms with Gasteiger partial charge in [-0.2, -0.15) is 15.0 Å². The van der Waals surface area contributed by atoms with Gasteiger partial charge in [-0.05, 0) is 38.7 Å². The summed E-state index contributed by atoms with van der Waals surface area (Å²) in [6.07, 6.45) is 7.45. The highest BCUT2D eigenvalue weighted by molar-refractivity contribution is 5.93. The van der Waals surface area contributed by atoms with Crippen LogP contribution in [0.1, 0.15) is 37.3 Å². The van der Waals surface area contributed by atoms with Gasteiger partial charge >= 0.3 is 6.03 Å². The summed E-state index contributed by atoms with van der Waals surface area (Å²) in [5.74, 6) is 1.86. The molecule has 1 aliphatic carbocycles. The molecule has 0 radical (unpaired) electrons. The normalized spacial score (nSPS) is 21.7. The lowest BCUT2D eigenvalue weighted by Crippen LogP contribution is -2.48. The summed E-state index contributed by atoms with van der Waals surface area (Å²) < 4.78 is 2.04. The first kappa shape index (κ1) is 23.2. The van der Waals surface area contributed by atoms with E-state index in [1.807, 2.05) is 28.9 Å². The number of carbonyl (C=O) groups excluding carboxylic acids is 2. The molecule has 2 N–H and O–H groups in total. The van der Waals surface area contributed by atoms with Crippen LogP contribution >= 0.6 is 0 Å². The van der Waals surface area contributed by atoms with Crippen LogP contribution in [0.4, 0.5) is 16.7 Å². The Morgan fingerprint density at radius 1 is 1.26 bits per heavy atom. The zero-order valence-electron chi connectivity index (χ0n) is 20.2. The smallest absolute Gasteiger partial charge is 0.324 e. The zero-order valence-corrected chi connectivity index (χ0v) is 20.2. The summed E-state index contributed by atoms with van der Waals surface area (Å²) in [4.78, 5) is 48.0. The predicted octanol–water partition coefficient (Wildman–Crippen LogP) is 1.15. The van der Waals surface area contributed by atoms with Crippen LogP contribution in [0.5, 0.6) is 0 Å². The number of piperazine rings is 1. The molecule has 2 aromatic rings. The second-order valence-electron chi connectivity index (χ2n) is 9.43. The number of aryl methyl sites for hydroxylation is 1. The molecule has 0 aromatic carbocycles. The fourth-order valence-electron chi connectivity index (χ4n) is 4.67. The molecule has 0 spiro atoms. The summed E-state index contributed by atoms with van der Waals surface area (Å²) in [6, 6.07) is -0.193. The lowest BCUT2D eigenvalue weighted by molar-refractivity contribution is -0.127. The standard InChI is InChI=1S/C23H32N10O2/c1-4-20(34)32-9-7-30(8-10-32)14-31-12-18(25-13-31)15(2)26-21-27-16(3)28-22(29-21)33-19(17-5-6-17)11-24-23(33)35/h4,12-13,15,17,19H,1,5-11,14H2,2-3H3,(H,24,35)(H,26,27,28,29)/t15-,19+/m0/s1. The predicted molar refractivity (Wildman–Crippen MR) is 130 cm³/mol. The number of nitrogens with one attached hydrogen (secondary N) is 2. The van der Waals surface area contributed by atoms with Gasteiger partial charge in [0.1, 0.15) is 5.82 Å². The van der Waals surface area contributed by atoms with Crippen LogP contribution in [0.15, 0.2) is 25.2 Å². The highest BCUT2D eigenvalue weighted by Gasteiger charge is 2.43. The molecule has 35 heavy (non-hydrogen) atoms. The molecule has 0 bridgehead atoms. The number of amides is 3. The molecule has 2 atom stereocenters. The number of hydrogen-bond acceptors (Lipinski definition) is 8. The summed E-state index contributed by atoms with van der Waals surface area (Å²) in [7, 11) is 0. The summed E-state index contributed by atoms with van der Waals surface area (Å²) in [5, 5.41) is 6.23. The number of nitrogens with zero attached hydrogens (tertiary/aromatic N) is 8. The van der Waals surface area contributed by atoms with Crippen molar-refractivity contribution in [3.05, 3.63) is 36.7 Å². The Labute approximate surface area is 204 Å². The molecule has 3 aliphatic rings. The number of rotatable bonds is 8. The van der Waals surface area contributed by atoms with Crippen LogP contribution in [0, 0.1) is 12.8 Å². The van der Waals surface area contributed by atoms with E-state index in [4.69, 9.17) is 0 Å². The quantitative estimate of drug-likeness (QED) is 0.539. The van der Waals surface area contributed by atoms with Gasteiger partial charge in [0.25, 0.3) is 0 Å². The minimum atomic E-state index is -0.153. The van der Waals surface area contributed by atoms with Gasteiger partial charge in [-0.1, -0.05) is 6.58 Å². The fourth-order valence-corrected chi connectivity index (χ4v) is 4.67. The number of aromatic nitrogens is 5. The Kier molecular flexibility index (Phi) is 6.37. The largest absolute Gasteiger partial charge is 0.346 e. The molecule has 3 fully saturated rings. The molecular weight excluding hydrogens is 448 g/mol. The first-order chi connectivity index (χ1) is 16.9. The number of anilines is 2. The van der Waals surface area contributed by atoms with Gasteiger partial charge in [0.05, 0.1) is 30.8 Å². The first-order valence-electron chi connectivity index (χ1n) is 12.1. The molecule has 12 nitrogen and oxygen atoms in total. The average Bonchev–Trinajstić information content (AvgIpc) is 3.46. The maximum atomic E-state index is 12.5. The molecule has 2 saturated heterocycles. The van der Waals surface area contributed by atoms with Crippen LogP contribution < -0.4 is 15.5 Å². The third-order valence-corrected chi connectivity index (χ3v) is 6.79.